The maximum atomic E-state index is 13.6. The van der Waals surface area contributed by atoms with Crippen LogP contribution in [0.25, 0.3) is 43.1 Å². The van der Waals surface area contributed by atoms with Crippen LogP contribution in [-0.2, 0) is 0 Å². The molecule has 4 saturated carbocycles. The lowest BCUT2D eigenvalue weighted by Crippen LogP contribution is -2.58. The highest BCUT2D eigenvalue weighted by molar-refractivity contribution is 6.16. The largest absolute Gasteiger partial charge is 0.337 e. The lowest BCUT2D eigenvalue weighted by molar-refractivity contribution is -0.105. The number of anilines is 2. The normalized spacial score (nSPS) is 24.2. The predicted molar refractivity (Wildman–Crippen MR) is 196 cm³/mol. The lowest BCUT2D eigenvalue weighted by Gasteiger charge is -2.62. The fourth-order valence-electron chi connectivity index (χ4n) is 10.2. The maximum Gasteiger partial charge on any atom is 0.319 e. The fourth-order valence-corrected chi connectivity index (χ4v) is 10.2. The lowest BCUT2D eigenvalue weighted by atomic mass is 9.44. The molecule has 4 bridgehead atoms. The number of carbonyl (C=O) groups is 2. The van der Waals surface area contributed by atoms with E-state index in [4.69, 9.17) is 0 Å². The molecule has 4 aliphatic carbocycles. The molecule has 0 radical (unpaired) electrons. The smallest absolute Gasteiger partial charge is 0.319 e. The van der Waals surface area contributed by atoms with Crippen LogP contribution in [0, 0.1) is 22.7 Å². The molecule has 4 aliphatic rings. The zero-order valence-corrected chi connectivity index (χ0v) is 27.0. The van der Waals surface area contributed by atoms with Crippen molar-refractivity contribution in [2.45, 2.75) is 38.5 Å². The van der Waals surface area contributed by atoms with Gasteiger partial charge in [0.05, 0.1) is 11.4 Å². The van der Waals surface area contributed by atoms with Crippen LogP contribution in [0.4, 0.5) is 21.0 Å². The van der Waals surface area contributed by atoms with Crippen LogP contribution in [0.1, 0.15) is 38.5 Å². The number of fused-ring (bicyclic) bond motifs is 4. The minimum atomic E-state index is -0.152. The highest BCUT2D eigenvalue weighted by Gasteiger charge is 2.57. The Hall–Kier alpha value is -5.10. The van der Waals surface area contributed by atoms with Gasteiger partial charge in [-0.1, -0.05) is 97.1 Å². The van der Waals surface area contributed by atoms with E-state index in [9.17, 15) is 9.59 Å². The molecule has 240 valence electrons. The molecule has 4 fully saturated rings. The Kier molecular flexibility index (Phi) is 6.82. The summed E-state index contributed by atoms with van der Waals surface area (Å²) in [5.41, 5.74) is 1.84. The molecule has 48 heavy (non-hydrogen) atoms. The zero-order chi connectivity index (χ0) is 32.3. The third-order valence-corrected chi connectivity index (χ3v) is 11.6. The summed E-state index contributed by atoms with van der Waals surface area (Å²) in [5, 5.41) is 21.7. The van der Waals surface area contributed by atoms with E-state index >= 15 is 0 Å². The Morgan fingerprint density at radius 3 is 1.21 bits per heavy atom. The van der Waals surface area contributed by atoms with E-state index in [1.807, 2.05) is 48.5 Å². The second-order valence-electron chi connectivity index (χ2n) is 15.0. The van der Waals surface area contributed by atoms with Crippen molar-refractivity contribution in [3.8, 4) is 0 Å². The first kappa shape index (κ1) is 29.1. The average molecular weight is 633 g/mol. The molecule has 6 aromatic rings. The van der Waals surface area contributed by atoms with Crippen molar-refractivity contribution in [1.29, 1.82) is 0 Å². The molecular formula is C42H40N4O2. The second-order valence-corrected chi connectivity index (χ2v) is 15.0. The van der Waals surface area contributed by atoms with Gasteiger partial charge in [-0.2, -0.15) is 0 Å². The summed E-state index contributed by atoms with van der Waals surface area (Å²) < 4.78 is 0. The number of hydrogen-bond acceptors (Lipinski definition) is 2. The molecular weight excluding hydrogens is 592 g/mol. The number of benzene rings is 6. The monoisotopic (exact) mass is 632 g/mol. The van der Waals surface area contributed by atoms with Gasteiger partial charge in [0.25, 0.3) is 0 Å². The first-order valence-electron chi connectivity index (χ1n) is 17.4. The van der Waals surface area contributed by atoms with Gasteiger partial charge in [0.1, 0.15) is 0 Å². The van der Waals surface area contributed by atoms with Crippen LogP contribution in [0.5, 0.6) is 0 Å². The van der Waals surface area contributed by atoms with Crippen LogP contribution in [0.3, 0.4) is 0 Å². The second kappa shape index (κ2) is 11.3. The summed E-state index contributed by atoms with van der Waals surface area (Å²) in [6.07, 6.45) is 6.90. The highest BCUT2D eigenvalue weighted by Crippen LogP contribution is 2.64. The minimum Gasteiger partial charge on any atom is -0.337 e. The van der Waals surface area contributed by atoms with Gasteiger partial charge in [-0.05, 0) is 94.9 Å². The molecule has 4 amide bonds. The number of hydrogen-bond donors (Lipinski definition) is 4. The third-order valence-electron chi connectivity index (χ3n) is 11.6. The summed E-state index contributed by atoms with van der Waals surface area (Å²) in [6, 6.07) is 37.0. The van der Waals surface area contributed by atoms with Crippen molar-refractivity contribution in [1.82, 2.24) is 10.6 Å². The molecule has 0 unspecified atom stereocenters. The van der Waals surface area contributed by atoms with E-state index in [0.717, 1.165) is 86.6 Å². The van der Waals surface area contributed by atoms with Crippen molar-refractivity contribution in [2.75, 3.05) is 23.7 Å². The first-order valence-corrected chi connectivity index (χ1v) is 17.4. The van der Waals surface area contributed by atoms with Gasteiger partial charge in [0.2, 0.25) is 0 Å². The summed E-state index contributed by atoms with van der Waals surface area (Å²) in [4.78, 5) is 27.1. The fraction of sp³-hybridized carbons (Fsp3) is 0.286. The first-order chi connectivity index (χ1) is 23.4. The maximum absolute atomic E-state index is 13.6. The van der Waals surface area contributed by atoms with Crippen LogP contribution in [0.2, 0.25) is 0 Å². The molecule has 0 heterocycles. The van der Waals surface area contributed by atoms with E-state index in [-0.39, 0.29) is 22.9 Å². The van der Waals surface area contributed by atoms with Crippen molar-refractivity contribution in [3.63, 3.8) is 0 Å². The molecule has 10 rings (SSSR count). The Labute approximate surface area is 280 Å². The van der Waals surface area contributed by atoms with E-state index in [1.54, 1.807) is 0 Å². The number of rotatable bonds is 6. The van der Waals surface area contributed by atoms with Gasteiger partial charge in [-0.3, -0.25) is 0 Å². The summed E-state index contributed by atoms with van der Waals surface area (Å²) >= 11 is 0. The Morgan fingerprint density at radius 2 is 0.854 bits per heavy atom. The van der Waals surface area contributed by atoms with Crippen LogP contribution < -0.4 is 21.3 Å². The number of amides is 4. The average Bonchev–Trinajstić information content (AvgIpc) is 3.09. The van der Waals surface area contributed by atoms with Gasteiger partial charge in [0.15, 0.2) is 0 Å². The Bertz CT molecular complexity index is 1970. The minimum absolute atomic E-state index is 0.0617. The summed E-state index contributed by atoms with van der Waals surface area (Å²) in [7, 11) is 0. The van der Waals surface area contributed by atoms with Crippen molar-refractivity contribution < 1.29 is 9.59 Å². The van der Waals surface area contributed by atoms with Gasteiger partial charge < -0.3 is 21.3 Å². The highest BCUT2D eigenvalue weighted by atomic mass is 16.2. The van der Waals surface area contributed by atoms with Gasteiger partial charge in [0, 0.05) is 34.6 Å². The standard InChI is InChI=1S/C42H40N4O2/c47-39(45-37-33-13-5-1-9-29(33)18-30-10-2-6-14-34(30)37)43-25-41-20-27-17-28(21-41)23-42(22-27,24-41)26-44-40(48)46-38-35-15-7-3-11-31(35)19-32-12-4-8-16-36(32)38/h1-16,18-19,27-28H,17,20-26H2,(H2,43,45,47)(H2,44,46,48). The predicted octanol–water partition coefficient (Wildman–Crippen LogP) is 9.83. The number of nitrogens with one attached hydrogen (secondary N) is 4. The topological polar surface area (TPSA) is 82.3 Å². The third kappa shape index (κ3) is 5.11. The van der Waals surface area contributed by atoms with E-state index in [2.05, 4.69) is 81.9 Å². The zero-order valence-electron chi connectivity index (χ0n) is 27.0. The van der Waals surface area contributed by atoms with E-state index < -0.39 is 0 Å². The Balaban J connectivity index is 0.906. The molecule has 0 aromatic heterocycles. The van der Waals surface area contributed by atoms with Crippen LogP contribution in [-0.4, -0.2) is 25.2 Å². The number of carbonyl (C=O) groups excluding carboxylic acids is 2. The van der Waals surface area contributed by atoms with E-state index in [1.165, 1.54) is 6.42 Å². The van der Waals surface area contributed by atoms with Gasteiger partial charge in [-0.25, -0.2) is 9.59 Å². The molecule has 0 aliphatic heterocycles. The van der Waals surface area contributed by atoms with E-state index in [0.29, 0.717) is 24.9 Å². The van der Waals surface area contributed by atoms with Crippen LogP contribution in [0.15, 0.2) is 109 Å². The number of urea groups is 2. The van der Waals surface area contributed by atoms with Crippen molar-refractivity contribution in [2.24, 2.45) is 22.7 Å². The molecule has 6 heteroatoms. The molecule has 6 nitrogen and oxygen atoms in total. The summed E-state index contributed by atoms with van der Waals surface area (Å²) in [6.45, 7) is 1.31. The SMILES string of the molecule is O=C(NCC12CC3CC(C1)CC(CNC(=O)Nc1c4ccccc4cc4ccccc14)(C3)C2)Nc1c2ccccc2cc2ccccc12. The molecule has 4 N–H and O–H groups in total. The molecule has 0 atom stereocenters. The van der Waals surface area contributed by atoms with Crippen LogP contribution >= 0.6 is 0 Å². The van der Waals surface area contributed by atoms with Crippen molar-refractivity contribution in [3.05, 3.63) is 109 Å². The van der Waals surface area contributed by atoms with Gasteiger partial charge >= 0.3 is 12.1 Å². The molecule has 6 aromatic carbocycles. The quantitative estimate of drug-likeness (QED) is 0.138. The molecule has 0 spiro atoms. The summed E-state index contributed by atoms with van der Waals surface area (Å²) in [5.74, 6) is 1.29. The van der Waals surface area contributed by atoms with Crippen molar-refractivity contribution >= 4 is 66.5 Å². The Morgan fingerprint density at radius 1 is 0.521 bits per heavy atom. The molecule has 0 saturated heterocycles. The van der Waals surface area contributed by atoms with Gasteiger partial charge in [-0.15, -0.1) is 0 Å².